The molecule has 0 radical (unpaired) electrons. The summed E-state index contributed by atoms with van der Waals surface area (Å²) < 4.78 is 4.59. The second-order valence-corrected chi connectivity index (χ2v) is 5.27. The fraction of sp³-hybridized carbons (Fsp3) is 0.846. The zero-order valence-corrected chi connectivity index (χ0v) is 12.1. The van der Waals surface area contributed by atoms with Crippen LogP contribution in [0.1, 0.15) is 34.1 Å². The lowest BCUT2D eigenvalue weighted by Gasteiger charge is -2.28. The largest absolute Gasteiger partial charge is 0.469 e. The van der Waals surface area contributed by atoms with E-state index in [9.17, 15) is 9.59 Å². The van der Waals surface area contributed by atoms with Crippen molar-refractivity contribution in [3.05, 3.63) is 0 Å². The van der Waals surface area contributed by atoms with Crippen LogP contribution in [0.15, 0.2) is 0 Å². The van der Waals surface area contributed by atoms with Crippen molar-refractivity contribution < 1.29 is 14.3 Å². The predicted molar refractivity (Wildman–Crippen MR) is 70.9 cm³/mol. The zero-order chi connectivity index (χ0) is 14.3. The number of ether oxygens (including phenoxy) is 1. The monoisotopic (exact) mass is 258 g/mol. The summed E-state index contributed by atoms with van der Waals surface area (Å²) in [5, 5.41) is 0. The molecular formula is C13H26N2O3. The summed E-state index contributed by atoms with van der Waals surface area (Å²) in [6.07, 6.45) is 0.208. The van der Waals surface area contributed by atoms with Gasteiger partial charge in [0.2, 0.25) is 5.91 Å². The van der Waals surface area contributed by atoms with E-state index >= 15 is 0 Å². The fourth-order valence-corrected chi connectivity index (χ4v) is 1.56. The number of amides is 1. The Hall–Kier alpha value is -1.10. The second kappa shape index (κ2) is 8.08. The summed E-state index contributed by atoms with van der Waals surface area (Å²) >= 11 is 0. The molecule has 1 amide bonds. The van der Waals surface area contributed by atoms with E-state index in [1.807, 2.05) is 27.7 Å². The third kappa shape index (κ3) is 6.00. The molecule has 0 aliphatic heterocycles. The Kier molecular flexibility index (Phi) is 7.59. The molecule has 0 spiro atoms. The third-order valence-electron chi connectivity index (χ3n) is 2.71. The molecule has 0 heterocycles. The van der Waals surface area contributed by atoms with E-state index in [1.54, 1.807) is 4.90 Å². The topological polar surface area (TPSA) is 72.6 Å². The van der Waals surface area contributed by atoms with Crippen LogP contribution >= 0.6 is 0 Å². The van der Waals surface area contributed by atoms with Gasteiger partial charge < -0.3 is 15.4 Å². The molecule has 1 atom stereocenters. The van der Waals surface area contributed by atoms with Gasteiger partial charge in [-0.15, -0.1) is 0 Å². The van der Waals surface area contributed by atoms with Gasteiger partial charge in [-0.1, -0.05) is 27.7 Å². The van der Waals surface area contributed by atoms with E-state index in [-0.39, 0.29) is 24.2 Å². The Morgan fingerprint density at radius 2 is 1.78 bits per heavy atom. The number of hydrogen-bond donors (Lipinski definition) is 1. The Labute approximate surface area is 110 Å². The summed E-state index contributed by atoms with van der Waals surface area (Å²) in [6.45, 7) is 8.85. The first-order valence-corrected chi connectivity index (χ1v) is 6.40. The summed E-state index contributed by atoms with van der Waals surface area (Å²) in [5.74, 6) is 0.0218. The standard InChI is InChI=1S/C13H26N2O3/c1-9(2)8-15(7-6-11(16)18-5)13(17)12(14)10(3)4/h9-10,12H,6-8,14H2,1-5H3. The number of esters is 1. The maximum atomic E-state index is 12.2. The number of rotatable bonds is 7. The minimum absolute atomic E-state index is 0.0882. The molecular weight excluding hydrogens is 232 g/mol. The molecule has 0 aromatic heterocycles. The van der Waals surface area contributed by atoms with Crippen LogP contribution in [-0.2, 0) is 14.3 Å². The fourth-order valence-electron chi connectivity index (χ4n) is 1.56. The average molecular weight is 258 g/mol. The van der Waals surface area contributed by atoms with E-state index in [0.29, 0.717) is 19.0 Å². The van der Waals surface area contributed by atoms with Gasteiger partial charge in [0.15, 0.2) is 0 Å². The summed E-state index contributed by atoms with van der Waals surface area (Å²) in [6, 6.07) is -0.513. The van der Waals surface area contributed by atoms with Gasteiger partial charge in [-0.2, -0.15) is 0 Å². The quantitative estimate of drug-likeness (QED) is 0.692. The molecule has 0 rings (SSSR count). The first kappa shape index (κ1) is 16.9. The Bertz CT molecular complexity index is 277. The van der Waals surface area contributed by atoms with Crippen molar-refractivity contribution in [2.75, 3.05) is 20.2 Å². The first-order chi connectivity index (χ1) is 8.29. The van der Waals surface area contributed by atoms with Crippen LogP contribution in [0.25, 0.3) is 0 Å². The zero-order valence-electron chi connectivity index (χ0n) is 12.1. The van der Waals surface area contributed by atoms with Crippen LogP contribution in [0.5, 0.6) is 0 Å². The van der Waals surface area contributed by atoms with Gasteiger partial charge in [-0.05, 0) is 11.8 Å². The van der Waals surface area contributed by atoms with Crippen LogP contribution in [0.4, 0.5) is 0 Å². The Morgan fingerprint density at radius 3 is 2.17 bits per heavy atom. The lowest BCUT2D eigenvalue weighted by atomic mass is 10.0. The van der Waals surface area contributed by atoms with Crippen LogP contribution in [0.3, 0.4) is 0 Å². The molecule has 2 N–H and O–H groups in total. The molecule has 0 aromatic rings. The van der Waals surface area contributed by atoms with Crippen molar-refractivity contribution >= 4 is 11.9 Å². The van der Waals surface area contributed by atoms with Crippen molar-refractivity contribution in [2.45, 2.75) is 40.2 Å². The third-order valence-corrected chi connectivity index (χ3v) is 2.71. The highest BCUT2D eigenvalue weighted by Gasteiger charge is 2.24. The number of methoxy groups -OCH3 is 1. The van der Waals surface area contributed by atoms with Gasteiger partial charge in [0.25, 0.3) is 0 Å². The maximum absolute atomic E-state index is 12.2. The van der Waals surface area contributed by atoms with Crippen molar-refractivity contribution in [3.63, 3.8) is 0 Å². The summed E-state index contributed by atoms with van der Waals surface area (Å²) in [5.41, 5.74) is 5.87. The first-order valence-electron chi connectivity index (χ1n) is 6.40. The minimum atomic E-state index is -0.513. The van der Waals surface area contributed by atoms with Crippen LogP contribution in [-0.4, -0.2) is 43.0 Å². The van der Waals surface area contributed by atoms with Gasteiger partial charge in [0.1, 0.15) is 0 Å². The number of hydrogen-bond acceptors (Lipinski definition) is 4. The van der Waals surface area contributed by atoms with E-state index in [2.05, 4.69) is 4.74 Å². The molecule has 0 aliphatic rings. The highest BCUT2D eigenvalue weighted by Crippen LogP contribution is 2.07. The molecule has 18 heavy (non-hydrogen) atoms. The molecule has 0 aliphatic carbocycles. The summed E-state index contributed by atoms with van der Waals surface area (Å²) in [7, 11) is 1.34. The van der Waals surface area contributed by atoms with Gasteiger partial charge >= 0.3 is 5.97 Å². The van der Waals surface area contributed by atoms with E-state index in [1.165, 1.54) is 7.11 Å². The Balaban J connectivity index is 4.56. The number of carbonyl (C=O) groups excluding carboxylic acids is 2. The minimum Gasteiger partial charge on any atom is -0.469 e. The van der Waals surface area contributed by atoms with Crippen molar-refractivity contribution in [2.24, 2.45) is 17.6 Å². The number of nitrogens with zero attached hydrogens (tertiary/aromatic N) is 1. The SMILES string of the molecule is COC(=O)CCN(CC(C)C)C(=O)C(N)C(C)C. The second-order valence-electron chi connectivity index (χ2n) is 5.27. The molecule has 5 heteroatoms. The predicted octanol–water partition coefficient (Wildman–Crippen LogP) is 1.02. The Morgan fingerprint density at radius 1 is 1.22 bits per heavy atom. The van der Waals surface area contributed by atoms with Gasteiger partial charge in [-0.3, -0.25) is 9.59 Å². The lowest BCUT2D eigenvalue weighted by Crippen LogP contribution is -2.48. The van der Waals surface area contributed by atoms with E-state index in [4.69, 9.17) is 5.73 Å². The highest BCUT2D eigenvalue weighted by molar-refractivity contribution is 5.82. The van der Waals surface area contributed by atoms with Crippen molar-refractivity contribution in [1.82, 2.24) is 4.90 Å². The molecule has 0 saturated carbocycles. The molecule has 0 fully saturated rings. The van der Waals surface area contributed by atoms with Crippen LogP contribution in [0.2, 0.25) is 0 Å². The van der Waals surface area contributed by atoms with Gasteiger partial charge in [-0.25, -0.2) is 0 Å². The molecule has 5 nitrogen and oxygen atoms in total. The van der Waals surface area contributed by atoms with Crippen LogP contribution in [0, 0.1) is 11.8 Å². The number of carbonyl (C=O) groups is 2. The van der Waals surface area contributed by atoms with Crippen LogP contribution < -0.4 is 5.73 Å². The van der Waals surface area contributed by atoms with Gasteiger partial charge in [0.05, 0.1) is 19.6 Å². The average Bonchev–Trinajstić information content (AvgIpc) is 2.31. The van der Waals surface area contributed by atoms with Gasteiger partial charge in [0, 0.05) is 13.1 Å². The maximum Gasteiger partial charge on any atom is 0.307 e. The normalized spacial score (nSPS) is 12.7. The molecule has 0 saturated heterocycles. The smallest absolute Gasteiger partial charge is 0.307 e. The molecule has 106 valence electrons. The van der Waals surface area contributed by atoms with E-state index in [0.717, 1.165) is 0 Å². The molecule has 0 bridgehead atoms. The van der Waals surface area contributed by atoms with Crippen molar-refractivity contribution in [1.29, 1.82) is 0 Å². The molecule has 1 unspecified atom stereocenters. The highest BCUT2D eigenvalue weighted by atomic mass is 16.5. The lowest BCUT2D eigenvalue weighted by molar-refractivity contribution is -0.142. The number of nitrogens with two attached hydrogens (primary N) is 1. The summed E-state index contributed by atoms with van der Waals surface area (Å²) in [4.78, 5) is 25.0. The molecule has 0 aromatic carbocycles. The van der Waals surface area contributed by atoms with E-state index < -0.39 is 6.04 Å². The van der Waals surface area contributed by atoms with Crippen molar-refractivity contribution in [3.8, 4) is 0 Å².